The smallest absolute Gasteiger partial charge is 0.257 e. The Kier molecular flexibility index (Phi) is 5.02. The van der Waals surface area contributed by atoms with Crippen LogP contribution in [0, 0.1) is 0 Å². The summed E-state index contributed by atoms with van der Waals surface area (Å²) in [5, 5.41) is 24.7. The zero-order valence-electron chi connectivity index (χ0n) is 14.8. The van der Waals surface area contributed by atoms with Crippen molar-refractivity contribution < 1.29 is 29.3 Å². The Balaban J connectivity index is 1.78. The topological polar surface area (TPSA) is 117 Å². The van der Waals surface area contributed by atoms with E-state index in [0.29, 0.717) is 0 Å². The Morgan fingerprint density at radius 1 is 0.815 bits per heavy atom. The minimum absolute atomic E-state index is 0.112. The van der Waals surface area contributed by atoms with Crippen LogP contribution in [0.25, 0.3) is 0 Å². The van der Waals surface area contributed by atoms with Crippen LogP contribution in [-0.4, -0.2) is 40.0 Å². The Morgan fingerprint density at radius 2 is 1.19 bits per heavy atom. The zero-order valence-corrected chi connectivity index (χ0v) is 14.8. The van der Waals surface area contributed by atoms with Crippen molar-refractivity contribution in [1.29, 1.82) is 0 Å². The van der Waals surface area contributed by atoms with Crippen molar-refractivity contribution in [2.45, 2.75) is 31.8 Å². The molecule has 8 heteroatoms. The number of phenolic OH excluding ortho intramolecular Hbond substituents is 2. The average Bonchev–Trinajstić information content (AvgIpc) is 2.95. The number of amides is 2. The van der Waals surface area contributed by atoms with Crippen molar-refractivity contribution in [2.75, 3.05) is 10.6 Å². The number of hydrogen-bond donors (Lipinski definition) is 4. The molecule has 1 aliphatic heterocycles. The van der Waals surface area contributed by atoms with Gasteiger partial charge in [0.05, 0.1) is 11.4 Å². The largest absolute Gasteiger partial charge is 0.506 e. The third kappa shape index (κ3) is 4.18. The highest BCUT2D eigenvalue weighted by molar-refractivity contribution is 6.03. The average molecular weight is 372 g/mol. The molecular weight excluding hydrogens is 352 g/mol. The first-order valence-corrected chi connectivity index (χ1v) is 8.30. The van der Waals surface area contributed by atoms with Crippen LogP contribution >= 0.6 is 0 Å². The molecule has 1 saturated heterocycles. The molecule has 0 aliphatic carbocycles. The lowest BCUT2D eigenvalue weighted by Gasteiger charge is -2.17. The first-order valence-electron chi connectivity index (χ1n) is 8.30. The van der Waals surface area contributed by atoms with Gasteiger partial charge in [-0.05, 0) is 38.1 Å². The molecule has 1 heterocycles. The maximum atomic E-state index is 12.6. The summed E-state index contributed by atoms with van der Waals surface area (Å²) >= 11 is 0. The summed E-state index contributed by atoms with van der Waals surface area (Å²) in [5.41, 5.74) is 0.381. The molecule has 0 radical (unpaired) electrons. The van der Waals surface area contributed by atoms with Gasteiger partial charge in [-0.2, -0.15) is 0 Å². The number of hydrogen-bond acceptors (Lipinski definition) is 6. The number of ether oxygens (including phenoxy) is 2. The Hall–Kier alpha value is -3.10. The van der Waals surface area contributed by atoms with Gasteiger partial charge in [0.1, 0.15) is 11.5 Å². The standard InChI is InChI=1S/C19H20N2O6/c1-19(2)26-15(17(24)20-11-7-3-5-9-13(11)22)16(27-19)18(25)21-12-8-4-6-10-14(12)23/h3-10,15-16,22-23H,1-2H3,(H,20,24)(H,21,25)/t15-,16-/m1/s1. The summed E-state index contributed by atoms with van der Waals surface area (Å²) in [6, 6.07) is 12.4. The summed E-state index contributed by atoms with van der Waals surface area (Å²) in [4.78, 5) is 25.3. The molecule has 2 aromatic carbocycles. The van der Waals surface area contributed by atoms with Gasteiger partial charge in [-0.15, -0.1) is 0 Å². The number of phenols is 2. The van der Waals surface area contributed by atoms with E-state index in [0.717, 1.165) is 0 Å². The van der Waals surface area contributed by atoms with Crippen molar-refractivity contribution in [3.8, 4) is 11.5 Å². The van der Waals surface area contributed by atoms with Gasteiger partial charge in [0, 0.05) is 0 Å². The zero-order chi connectivity index (χ0) is 19.6. The molecule has 2 atom stereocenters. The van der Waals surface area contributed by atoms with Crippen LogP contribution in [0.2, 0.25) is 0 Å². The third-order valence-corrected chi connectivity index (χ3v) is 3.94. The molecule has 2 aromatic rings. The fourth-order valence-electron chi connectivity index (χ4n) is 2.71. The van der Waals surface area contributed by atoms with Gasteiger partial charge in [-0.25, -0.2) is 0 Å². The lowest BCUT2D eigenvalue weighted by molar-refractivity contribution is -0.156. The molecule has 0 unspecified atom stereocenters. The lowest BCUT2D eigenvalue weighted by atomic mass is 10.1. The van der Waals surface area contributed by atoms with Gasteiger partial charge in [-0.1, -0.05) is 24.3 Å². The van der Waals surface area contributed by atoms with E-state index >= 15 is 0 Å². The second-order valence-electron chi connectivity index (χ2n) is 6.49. The fraction of sp³-hybridized carbons (Fsp3) is 0.263. The number of carbonyl (C=O) groups is 2. The van der Waals surface area contributed by atoms with Gasteiger partial charge in [0.2, 0.25) is 0 Å². The Morgan fingerprint density at radius 3 is 1.56 bits per heavy atom. The SMILES string of the molecule is CC1(C)O[C@@H](C(=O)Nc2ccccc2O)[C@H](C(=O)Nc2ccccc2O)O1. The predicted molar refractivity (Wildman–Crippen MR) is 97.3 cm³/mol. The van der Waals surface area contributed by atoms with Gasteiger partial charge in [-0.3, -0.25) is 9.59 Å². The van der Waals surface area contributed by atoms with E-state index in [1.54, 1.807) is 38.1 Å². The maximum Gasteiger partial charge on any atom is 0.257 e. The van der Waals surface area contributed by atoms with Crippen LogP contribution in [0.4, 0.5) is 11.4 Å². The van der Waals surface area contributed by atoms with Gasteiger partial charge in [0.15, 0.2) is 18.0 Å². The highest BCUT2D eigenvalue weighted by atomic mass is 16.8. The molecule has 1 fully saturated rings. The van der Waals surface area contributed by atoms with Crippen LogP contribution in [0.15, 0.2) is 48.5 Å². The highest BCUT2D eigenvalue weighted by Crippen LogP contribution is 2.31. The number of rotatable bonds is 4. The van der Waals surface area contributed by atoms with Crippen molar-refractivity contribution in [1.82, 2.24) is 0 Å². The summed E-state index contributed by atoms with van der Waals surface area (Å²) in [7, 11) is 0. The normalized spacial score (nSPS) is 20.8. The van der Waals surface area contributed by atoms with E-state index in [4.69, 9.17) is 9.47 Å². The number of aromatic hydroxyl groups is 2. The predicted octanol–water partition coefficient (Wildman–Crippen LogP) is 2.20. The second kappa shape index (κ2) is 7.26. The quantitative estimate of drug-likeness (QED) is 0.611. The van der Waals surface area contributed by atoms with Crippen molar-refractivity contribution >= 4 is 23.2 Å². The molecule has 4 N–H and O–H groups in total. The van der Waals surface area contributed by atoms with E-state index in [1.165, 1.54) is 24.3 Å². The van der Waals surface area contributed by atoms with Gasteiger partial charge < -0.3 is 30.3 Å². The maximum absolute atomic E-state index is 12.6. The van der Waals surface area contributed by atoms with E-state index < -0.39 is 29.8 Å². The molecule has 3 rings (SSSR count). The van der Waals surface area contributed by atoms with Crippen LogP contribution in [0.1, 0.15) is 13.8 Å². The number of anilines is 2. The lowest BCUT2D eigenvalue weighted by Crippen LogP contribution is -2.43. The molecule has 0 aromatic heterocycles. The number of para-hydroxylation sites is 4. The summed E-state index contributed by atoms with van der Waals surface area (Å²) in [6.45, 7) is 3.17. The fourth-order valence-corrected chi connectivity index (χ4v) is 2.71. The number of nitrogens with one attached hydrogen (secondary N) is 2. The highest BCUT2D eigenvalue weighted by Gasteiger charge is 2.49. The van der Waals surface area contributed by atoms with Crippen LogP contribution in [0.5, 0.6) is 11.5 Å². The first-order chi connectivity index (χ1) is 12.8. The number of benzene rings is 2. The molecule has 8 nitrogen and oxygen atoms in total. The van der Waals surface area contributed by atoms with Crippen molar-refractivity contribution in [3.05, 3.63) is 48.5 Å². The summed E-state index contributed by atoms with van der Waals surface area (Å²) in [6.07, 6.45) is -2.49. The Bertz CT molecular complexity index is 797. The van der Waals surface area contributed by atoms with Gasteiger partial charge >= 0.3 is 0 Å². The molecular formula is C19H20N2O6. The monoisotopic (exact) mass is 372 g/mol. The van der Waals surface area contributed by atoms with Crippen molar-refractivity contribution in [2.24, 2.45) is 0 Å². The van der Waals surface area contributed by atoms with Gasteiger partial charge in [0.25, 0.3) is 11.8 Å². The molecule has 1 aliphatic rings. The minimum atomic E-state index is -1.24. The van der Waals surface area contributed by atoms with Crippen LogP contribution in [0.3, 0.4) is 0 Å². The molecule has 27 heavy (non-hydrogen) atoms. The second-order valence-corrected chi connectivity index (χ2v) is 6.49. The molecule has 0 bridgehead atoms. The van der Waals surface area contributed by atoms with E-state index in [1.807, 2.05) is 0 Å². The summed E-state index contributed by atoms with van der Waals surface area (Å²) in [5.74, 6) is -2.67. The Labute approximate surface area is 155 Å². The molecule has 142 valence electrons. The summed E-state index contributed by atoms with van der Waals surface area (Å²) < 4.78 is 11.2. The van der Waals surface area contributed by atoms with Crippen LogP contribution in [-0.2, 0) is 19.1 Å². The minimum Gasteiger partial charge on any atom is -0.506 e. The number of carbonyl (C=O) groups excluding carboxylic acids is 2. The molecule has 0 saturated carbocycles. The first kappa shape index (κ1) is 18.7. The third-order valence-electron chi connectivity index (χ3n) is 3.94. The van der Waals surface area contributed by atoms with Crippen LogP contribution < -0.4 is 10.6 Å². The van der Waals surface area contributed by atoms with Crippen molar-refractivity contribution in [3.63, 3.8) is 0 Å². The molecule has 0 spiro atoms. The van der Waals surface area contributed by atoms with E-state index in [9.17, 15) is 19.8 Å². The van der Waals surface area contributed by atoms with E-state index in [-0.39, 0.29) is 22.9 Å². The van der Waals surface area contributed by atoms with E-state index in [2.05, 4.69) is 10.6 Å². The molecule has 2 amide bonds.